The lowest BCUT2D eigenvalue weighted by molar-refractivity contribution is -0.149. The highest BCUT2D eigenvalue weighted by atomic mass is 16.4. The first-order valence-corrected chi connectivity index (χ1v) is 5.60. The molecule has 0 aromatic rings. The van der Waals surface area contributed by atoms with Crippen LogP contribution in [0.2, 0.25) is 0 Å². The molecule has 0 radical (unpaired) electrons. The Labute approximate surface area is 86.1 Å². The van der Waals surface area contributed by atoms with Crippen molar-refractivity contribution >= 4 is 5.97 Å². The molecule has 0 aliphatic heterocycles. The molecule has 0 aromatic heterocycles. The third-order valence-electron chi connectivity index (χ3n) is 3.44. The number of rotatable bonds is 5. The molecule has 14 heavy (non-hydrogen) atoms. The minimum atomic E-state index is -0.595. The van der Waals surface area contributed by atoms with Gasteiger partial charge in [0.15, 0.2) is 0 Å². The monoisotopic (exact) mass is 199 g/mol. The van der Waals surface area contributed by atoms with Crippen molar-refractivity contribution in [1.29, 1.82) is 0 Å². The summed E-state index contributed by atoms with van der Waals surface area (Å²) in [6, 6.07) is 0. The average molecular weight is 199 g/mol. The van der Waals surface area contributed by atoms with Gasteiger partial charge in [0, 0.05) is 6.54 Å². The summed E-state index contributed by atoms with van der Waals surface area (Å²) >= 11 is 0. The number of carboxylic acids is 1. The number of hydrogen-bond donors (Lipinski definition) is 1. The highest BCUT2D eigenvalue weighted by Gasteiger charge is 2.41. The SMILES string of the molecule is CCN(CC)CC1(C(=O)O)CCCC1. The molecule has 1 rings (SSSR count). The number of carbonyl (C=O) groups is 1. The molecule has 0 amide bonds. The Morgan fingerprint density at radius 1 is 1.29 bits per heavy atom. The molecule has 1 fully saturated rings. The second kappa shape index (κ2) is 4.78. The van der Waals surface area contributed by atoms with Gasteiger partial charge < -0.3 is 10.0 Å². The second-order valence-corrected chi connectivity index (χ2v) is 4.25. The zero-order valence-corrected chi connectivity index (χ0v) is 9.25. The smallest absolute Gasteiger partial charge is 0.310 e. The van der Waals surface area contributed by atoms with E-state index in [4.69, 9.17) is 0 Å². The van der Waals surface area contributed by atoms with Crippen molar-refractivity contribution < 1.29 is 9.90 Å². The molecule has 1 aliphatic carbocycles. The average Bonchev–Trinajstić information content (AvgIpc) is 2.64. The summed E-state index contributed by atoms with van der Waals surface area (Å²) in [5.74, 6) is -0.595. The number of carboxylic acid groups (broad SMARTS) is 1. The molecule has 0 spiro atoms. The molecule has 3 heteroatoms. The van der Waals surface area contributed by atoms with Gasteiger partial charge in [-0.1, -0.05) is 26.7 Å². The van der Waals surface area contributed by atoms with Crippen molar-refractivity contribution in [2.45, 2.75) is 39.5 Å². The Morgan fingerprint density at radius 2 is 1.79 bits per heavy atom. The fourth-order valence-corrected chi connectivity index (χ4v) is 2.37. The quantitative estimate of drug-likeness (QED) is 0.736. The van der Waals surface area contributed by atoms with Gasteiger partial charge in [0.25, 0.3) is 0 Å². The molecule has 1 aliphatic rings. The molecule has 0 unspecified atom stereocenters. The Morgan fingerprint density at radius 3 is 2.14 bits per heavy atom. The van der Waals surface area contributed by atoms with Crippen LogP contribution in [0.15, 0.2) is 0 Å². The first-order valence-electron chi connectivity index (χ1n) is 5.60. The number of nitrogens with zero attached hydrogens (tertiary/aromatic N) is 1. The largest absolute Gasteiger partial charge is 0.481 e. The molecule has 0 atom stereocenters. The van der Waals surface area contributed by atoms with E-state index in [0.29, 0.717) is 0 Å². The number of hydrogen-bond acceptors (Lipinski definition) is 2. The molecule has 0 saturated heterocycles. The predicted molar refractivity (Wildman–Crippen MR) is 56.3 cm³/mol. The number of aliphatic carboxylic acids is 1. The van der Waals surface area contributed by atoms with E-state index in [1.54, 1.807) is 0 Å². The van der Waals surface area contributed by atoms with Crippen LogP contribution in [-0.2, 0) is 4.79 Å². The standard InChI is InChI=1S/C11H21NO2/c1-3-12(4-2)9-11(10(13)14)7-5-6-8-11/h3-9H2,1-2H3,(H,13,14). The first kappa shape index (κ1) is 11.5. The maximum Gasteiger partial charge on any atom is 0.310 e. The summed E-state index contributed by atoms with van der Waals surface area (Å²) in [6.07, 6.45) is 3.87. The van der Waals surface area contributed by atoms with Gasteiger partial charge in [-0.15, -0.1) is 0 Å². The van der Waals surface area contributed by atoms with Crippen LogP contribution < -0.4 is 0 Å². The summed E-state index contributed by atoms with van der Waals surface area (Å²) < 4.78 is 0. The van der Waals surface area contributed by atoms with Crippen molar-refractivity contribution in [2.24, 2.45) is 5.41 Å². The van der Waals surface area contributed by atoms with Crippen molar-refractivity contribution in [3.05, 3.63) is 0 Å². The third kappa shape index (κ3) is 2.27. The minimum absolute atomic E-state index is 0.438. The lowest BCUT2D eigenvalue weighted by Gasteiger charge is -2.30. The third-order valence-corrected chi connectivity index (χ3v) is 3.44. The van der Waals surface area contributed by atoms with Crippen molar-refractivity contribution in [2.75, 3.05) is 19.6 Å². The molecular weight excluding hydrogens is 178 g/mol. The van der Waals surface area contributed by atoms with E-state index >= 15 is 0 Å². The Bertz CT molecular complexity index is 193. The van der Waals surface area contributed by atoms with Crippen LogP contribution >= 0.6 is 0 Å². The van der Waals surface area contributed by atoms with Crippen LogP contribution in [0.1, 0.15) is 39.5 Å². The summed E-state index contributed by atoms with van der Waals surface area (Å²) in [5, 5.41) is 9.28. The van der Waals surface area contributed by atoms with Gasteiger partial charge in [0.2, 0.25) is 0 Å². The Balaban J connectivity index is 2.64. The Hall–Kier alpha value is -0.570. The van der Waals surface area contributed by atoms with Crippen LogP contribution in [0.5, 0.6) is 0 Å². The van der Waals surface area contributed by atoms with Gasteiger partial charge in [-0.05, 0) is 25.9 Å². The lowest BCUT2D eigenvalue weighted by Crippen LogP contribution is -2.41. The van der Waals surface area contributed by atoms with Gasteiger partial charge in [-0.25, -0.2) is 0 Å². The summed E-state index contributed by atoms with van der Waals surface area (Å²) in [6.45, 7) is 6.81. The van der Waals surface area contributed by atoms with E-state index in [-0.39, 0.29) is 0 Å². The van der Waals surface area contributed by atoms with Crippen LogP contribution in [0.4, 0.5) is 0 Å². The van der Waals surface area contributed by atoms with Crippen molar-refractivity contribution in [3.63, 3.8) is 0 Å². The maximum atomic E-state index is 11.3. The van der Waals surface area contributed by atoms with Crippen LogP contribution in [-0.4, -0.2) is 35.6 Å². The van der Waals surface area contributed by atoms with E-state index in [2.05, 4.69) is 18.7 Å². The van der Waals surface area contributed by atoms with E-state index in [1.165, 1.54) is 0 Å². The van der Waals surface area contributed by atoms with E-state index in [9.17, 15) is 9.90 Å². The zero-order valence-electron chi connectivity index (χ0n) is 9.25. The fraction of sp³-hybridized carbons (Fsp3) is 0.909. The van der Waals surface area contributed by atoms with Crippen LogP contribution in [0, 0.1) is 5.41 Å². The van der Waals surface area contributed by atoms with Gasteiger partial charge in [0.05, 0.1) is 5.41 Å². The maximum absolute atomic E-state index is 11.3. The Kier molecular flexibility index (Phi) is 3.93. The molecule has 0 bridgehead atoms. The highest BCUT2D eigenvalue weighted by Crippen LogP contribution is 2.38. The normalized spacial score (nSPS) is 20.2. The minimum Gasteiger partial charge on any atom is -0.481 e. The van der Waals surface area contributed by atoms with Crippen molar-refractivity contribution in [1.82, 2.24) is 4.90 Å². The molecule has 82 valence electrons. The van der Waals surface area contributed by atoms with Crippen molar-refractivity contribution in [3.8, 4) is 0 Å². The fourth-order valence-electron chi connectivity index (χ4n) is 2.37. The zero-order chi connectivity index (χ0) is 10.6. The van der Waals surface area contributed by atoms with Gasteiger partial charge >= 0.3 is 5.97 Å². The van der Waals surface area contributed by atoms with Crippen LogP contribution in [0.25, 0.3) is 0 Å². The van der Waals surface area contributed by atoms with E-state index in [0.717, 1.165) is 45.3 Å². The first-order chi connectivity index (χ1) is 6.64. The summed E-state index contributed by atoms with van der Waals surface area (Å²) in [4.78, 5) is 13.5. The van der Waals surface area contributed by atoms with Crippen LogP contribution in [0.3, 0.4) is 0 Å². The summed E-state index contributed by atoms with van der Waals surface area (Å²) in [5.41, 5.74) is -0.438. The molecular formula is C11H21NO2. The molecule has 3 nitrogen and oxygen atoms in total. The lowest BCUT2D eigenvalue weighted by atomic mass is 9.85. The topological polar surface area (TPSA) is 40.5 Å². The molecule has 0 heterocycles. The van der Waals surface area contributed by atoms with E-state index in [1.807, 2.05) is 0 Å². The predicted octanol–water partition coefficient (Wildman–Crippen LogP) is 1.97. The molecule has 0 aromatic carbocycles. The van der Waals surface area contributed by atoms with Gasteiger partial charge in [-0.3, -0.25) is 4.79 Å². The summed E-state index contributed by atoms with van der Waals surface area (Å²) in [7, 11) is 0. The van der Waals surface area contributed by atoms with Gasteiger partial charge in [0.1, 0.15) is 0 Å². The van der Waals surface area contributed by atoms with Gasteiger partial charge in [-0.2, -0.15) is 0 Å². The molecule has 1 N–H and O–H groups in total. The highest BCUT2D eigenvalue weighted by molar-refractivity contribution is 5.75. The second-order valence-electron chi connectivity index (χ2n) is 4.25. The molecule has 1 saturated carbocycles. The van der Waals surface area contributed by atoms with E-state index < -0.39 is 11.4 Å².